The van der Waals surface area contributed by atoms with Gasteiger partial charge in [0, 0.05) is 38.1 Å². The maximum Gasteiger partial charge on any atom is 0.490 e. The highest BCUT2D eigenvalue weighted by Gasteiger charge is 2.43. The molecule has 2 aliphatic heterocycles. The number of alkyl halides is 3. The molecule has 1 amide bonds. The average Bonchev–Trinajstić information content (AvgIpc) is 3.21. The fraction of sp³-hybridized carbons (Fsp3) is 0.750. The maximum atomic E-state index is 11.9. The van der Waals surface area contributed by atoms with E-state index in [1.54, 1.807) is 0 Å². The van der Waals surface area contributed by atoms with Gasteiger partial charge in [0.1, 0.15) is 0 Å². The molecule has 3 fully saturated rings. The first-order valence-electron chi connectivity index (χ1n) is 8.18. The van der Waals surface area contributed by atoms with Crippen LogP contribution < -0.4 is 0 Å². The Morgan fingerprint density at radius 2 is 1.88 bits per heavy atom. The van der Waals surface area contributed by atoms with E-state index in [0.29, 0.717) is 18.0 Å². The van der Waals surface area contributed by atoms with E-state index < -0.39 is 12.1 Å². The first kappa shape index (κ1) is 18.8. The van der Waals surface area contributed by atoms with Crippen molar-refractivity contribution in [1.29, 1.82) is 0 Å². The molecule has 8 heteroatoms. The Bertz CT molecular complexity index is 491. The number of carbonyl (C=O) groups excluding carboxylic acids is 1. The van der Waals surface area contributed by atoms with Crippen LogP contribution >= 0.6 is 0 Å². The highest BCUT2D eigenvalue weighted by molar-refractivity contribution is 5.78. The topological polar surface area (TPSA) is 60.9 Å². The van der Waals surface area contributed by atoms with Crippen molar-refractivity contribution in [2.24, 2.45) is 5.92 Å². The van der Waals surface area contributed by atoms with Crippen LogP contribution in [0.15, 0.2) is 12.7 Å². The third-order valence-corrected chi connectivity index (χ3v) is 4.76. The molecule has 0 bridgehead atoms. The van der Waals surface area contributed by atoms with Crippen molar-refractivity contribution in [3.8, 4) is 0 Å². The summed E-state index contributed by atoms with van der Waals surface area (Å²) in [6, 6.07) is 1.10. The number of amides is 1. The SMILES string of the molecule is C=CCN1C(=O)CC[C@@H]2[C@H]1CCN2CC1CC1.O=C(O)C(F)(F)F. The number of hydrogen-bond acceptors (Lipinski definition) is 3. The lowest BCUT2D eigenvalue weighted by atomic mass is 9.96. The summed E-state index contributed by atoms with van der Waals surface area (Å²) in [6.07, 6.45) is 2.59. The fourth-order valence-electron chi connectivity index (χ4n) is 3.47. The zero-order valence-electron chi connectivity index (χ0n) is 13.5. The monoisotopic (exact) mass is 348 g/mol. The van der Waals surface area contributed by atoms with E-state index in [1.807, 2.05) is 6.08 Å². The highest BCUT2D eigenvalue weighted by atomic mass is 19.4. The molecule has 2 heterocycles. The number of carbonyl (C=O) groups is 2. The summed E-state index contributed by atoms with van der Waals surface area (Å²) in [5, 5.41) is 7.12. The Morgan fingerprint density at radius 1 is 1.25 bits per heavy atom. The lowest BCUT2D eigenvalue weighted by Crippen LogP contribution is -2.52. The van der Waals surface area contributed by atoms with Gasteiger partial charge in [0.2, 0.25) is 5.91 Å². The van der Waals surface area contributed by atoms with E-state index in [-0.39, 0.29) is 0 Å². The second kappa shape index (κ2) is 7.55. The van der Waals surface area contributed by atoms with Gasteiger partial charge in [-0.15, -0.1) is 6.58 Å². The lowest BCUT2D eigenvalue weighted by Gasteiger charge is -2.39. The van der Waals surface area contributed by atoms with Crippen LogP contribution in [0.3, 0.4) is 0 Å². The molecule has 0 unspecified atom stereocenters. The Hall–Kier alpha value is -1.57. The van der Waals surface area contributed by atoms with Gasteiger partial charge < -0.3 is 10.0 Å². The van der Waals surface area contributed by atoms with E-state index in [9.17, 15) is 18.0 Å². The Labute approximate surface area is 139 Å². The zero-order valence-corrected chi connectivity index (χ0v) is 13.5. The minimum Gasteiger partial charge on any atom is -0.475 e. The van der Waals surface area contributed by atoms with Crippen LogP contribution in [-0.2, 0) is 9.59 Å². The standard InChI is InChI=1S/C14H22N2O.C2HF3O2/c1-2-8-16-13-7-9-15(10-11-3-4-11)12(13)5-6-14(16)17;3-2(4,5)1(6)7/h2,11-13H,1,3-10H2;(H,6,7)/t12-,13-;/m1./s1. The van der Waals surface area contributed by atoms with Gasteiger partial charge in [0.05, 0.1) is 0 Å². The predicted molar refractivity (Wildman–Crippen MR) is 81.3 cm³/mol. The Kier molecular flexibility index (Phi) is 5.90. The summed E-state index contributed by atoms with van der Waals surface area (Å²) in [7, 11) is 0. The maximum absolute atomic E-state index is 11.9. The number of carboxylic acid groups (broad SMARTS) is 1. The number of nitrogens with zero attached hydrogens (tertiary/aromatic N) is 2. The third-order valence-electron chi connectivity index (χ3n) is 4.76. The number of likely N-dealkylation sites (tertiary alicyclic amines) is 2. The molecule has 0 radical (unpaired) electrons. The molecule has 136 valence electrons. The summed E-state index contributed by atoms with van der Waals surface area (Å²) >= 11 is 0. The molecule has 3 aliphatic rings. The van der Waals surface area contributed by atoms with Crippen molar-refractivity contribution >= 4 is 11.9 Å². The lowest BCUT2D eigenvalue weighted by molar-refractivity contribution is -0.192. The van der Waals surface area contributed by atoms with Crippen molar-refractivity contribution in [3.63, 3.8) is 0 Å². The van der Waals surface area contributed by atoms with Gasteiger partial charge >= 0.3 is 12.1 Å². The number of aliphatic carboxylic acids is 1. The molecule has 1 N–H and O–H groups in total. The molecule has 0 aromatic heterocycles. The van der Waals surface area contributed by atoms with Crippen LogP contribution in [0.4, 0.5) is 13.2 Å². The van der Waals surface area contributed by atoms with Crippen molar-refractivity contribution in [1.82, 2.24) is 9.80 Å². The number of rotatable bonds is 4. The van der Waals surface area contributed by atoms with Gasteiger partial charge in [-0.3, -0.25) is 9.69 Å². The minimum absolute atomic E-state index is 0.333. The first-order chi connectivity index (χ1) is 11.2. The summed E-state index contributed by atoms with van der Waals surface area (Å²) < 4.78 is 31.7. The third kappa shape index (κ3) is 4.72. The van der Waals surface area contributed by atoms with Crippen molar-refractivity contribution in [2.45, 2.75) is 50.4 Å². The Balaban J connectivity index is 0.000000256. The number of halogens is 3. The van der Waals surface area contributed by atoms with Gasteiger partial charge in [-0.25, -0.2) is 4.79 Å². The summed E-state index contributed by atoms with van der Waals surface area (Å²) in [5.74, 6) is -1.47. The fourth-order valence-corrected chi connectivity index (χ4v) is 3.47. The molecular weight excluding hydrogens is 325 g/mol. The minimum atomic E-state index is -5.08. The van der Waals surface area contributed by atoms with Crippen LogP contribution in [-0.4, -0.2) is 64.7 Å². The van der Waals surface area contributed by atoms with Gasteiger partial charge in [-0.05, 0) is 31.6 Å². The van der Waals surface area contributed by atoms with Gasteiger partial charge in [-0.1, -0.05) is 6.08 Å². The average molecular weight is 348 g/mol. The molecule has 2 atom stereocenters. The molecule has 24 heavy (non-hydrogen) atoms. The van der Waals surface area contributed by atoms with Crippen molar-refractivity contribution in [2.75, 3.05) is 19.6 Å². The quantitative estimate of drug-likeness (QED) is 0.792. The van der Waals surface area contributed by atoms with Gasteiger partial charge in [0.15, 0.2) is 0 Å². The number of hydrogen-bond donors (Lipinski definition) is 1. The van der Waals surface area contributed by atoms with E-state index in [2.05, 4.69) is 16.4 Å². The van der Waals surface area contributed by atoms with Crippen LogP contribution in [0.1, 0.15) is 32.1 Å². The molecule has 2 saturated heterocycles. The van der Waals surface area contributed by atoms with Crippen LogP contribution in [0, 0.1) is 5.92 Å². The van der Waals surface area contributed by atoms with Crippen LogP contribution in [0.25, 0.3) is 0 Å². The van der Waals surface area contributed by atoms with Crippen molar-refractivity contribution < 1.29 is 27.9 Å². The Morgan fingerprint density at radius 3 is 2.38 bits per heavy atom. The highest BCUT2D eigenvalue weighted by Crippen LogP contribution is 2.36. The number of fused-ring (bicyclic) bond motifs is 1. The number of carboxylic acids is 1. The molecule has 0 aromatic rings. The zero-order chi connectivity index (χ0) is 17.9. The predicted octanol–water partition coefficient (Wildman–Crippen LogP) is 2.28. The van der Waals surface area contributed by atoms with Crippen LogP contribution in [0.2, 0.25) is 0 Å². The van der Waals surface area contributed by atoms with E-state index in [1.165, 1.54) is 25.9 Å². The largest absolute Gasteiger partial charge is 0.490 e. The molecule has 0 spiro atoms. The van der Waals surface area contributed by atoms with E-state index in [0.717, 1.165) is 31.7 Å². The smallest absolute Gasteiger partial charge is 0.475 e. The van der Waals surface area contributed by atoms with Crippen LogP contribution in [0.5, 0.6) is 0 Å². The normalized spacial score (nSPS) is 27.3. The molecule has 3 rings (SSSR count). The molecule has 1 saturated carbocycles. The second-order valence-electron chi connectivity index (χ2n) is 6.54. The van der Waals surface area contributed by atoms with Gasteiger partial charge in [0.25, 0.3) is 0 Å². The summed E-state index contributed by atoms with van der Waals surface area (Å²) in [4.78, 5) is 25.5. The van der Waals surface area contributed by atoms with Crippen molar-refractivity contribution in [3.05, 3.63) is 12.7 Å². The molecule has 0 aromatic carbocycles. The number of piperidine rings is 1. The molecular formula is C16H23F3N2O3. The molecule has 1 aliphatic carbocycles. The summed E-state index contributed by atoms with van der Waals surface area (Å²) in [5.41, 5.74) is 0. The molecule has 5 nitrogen and oxygen atoms in total. The van der Waals surface area contributed by atoms with Gasteiger partial charge in [-0.2, -0.15) is 13.2 Å². The summed E-state index contributed by atoms with van der Waals surface area (Å²) in [6.45, 7) is 6.97. The second-order valence-corrected chi connectivity index (χ2v) is 6.54. The van der Waals surface area contributed by atoms with E-state index in [4.69, 9.17) is 9.90 Å². The van der Waals surface area contributed by atoms with E-state index >= 15 is 0 Å². The first-order valence-corrected chi connectivity index (χ1v) is 8.18.